The highest BCUT2D eigenvalue weighted by Gasteiger charge is 2.12. The number of benzene rings is 1. The number of aryl methyl sites for hydroxylation is 2. The minimum absolute atomic E-state index is 0.0205. The number of hydrogen-bond donors (Lipinski definition) is 2. The van der Waals surface area contributed by atoms with E-state index in [1.54, 1.807) is 0 Å². The molecule has 5 heteroatoms. The summed E-state index contributed by atoms with van der Waals surface area (Å²) in [5.74, 6) is -0.0205. The number of nitrogen functional groups attached to an aromatic ring is 1. The van der Waals surface area contributed by atoms with Crippen LogP contribution in [0.3, 0.4) is 0 Å². The molecule has 2 rings (SSSR count). The van der Waals surface area contributed by atoms with Crippen LogP contribution < -0.4 is 11.1 Å². The molecular weight excluding hydrogens is 270 g/mol. The minimum atomic E-state index is -0.0205. The second-order valence-electron chi connectivity index (χ2n) is 4.83. The van der Waals surface area contributed by atoms with Crippen LogP contribution in [-0.4, -0.2) is 10.9 Å². The number of rotatable bonds is 4. The van der Waals surface area contributed by atoms with Gasteiger partial charge in [0, 0.05) is 12.0 Å². The van der Waals surface area contributed by atoms with E-state index >= 15 is 0 Å². The lowest BCUT2D eigenvalue weighted by Gasteiger charge is -2.03. The van der Waals surface area contributed by atoms with Crippen LogP contribution in [0.1, 0.15) is 30.9 Å². The van der Waals surface area contributed by atoms with Crippen LogP contribution in [0.5, 0.6) is 0 Å². The Morgan fingerprint density at radius 1 is 1.35 bits per heavy atom. The number of carbonyl (C=O) groups is 1. The summed E-state index contributed by atoms with van der Waals surface area (Å²) in [7, 11) is 0. The Balaban J connectivity index is 2.27. The van der Waals surface area contributed by atoms with Crippen LogP contribution in [0, 0.1) is 13.8 Å². The van der Waals surface area contributed by atoms with Crippen molar-refractivity contribution in [2.24, 2.45) is 0 Å². The second kappa shape index (κ2) is 6.05. The van der Waals surface area contributed by atoms with E-state index in [9.17, 15) is 4.79 Å². The highest BCUT2D eigenvalue weighted by atomic mass is 32.1. The zero-order valence-corrected chi connectivity index (χ0v) is 12.8. The van der Waals surface area contributed by atoms with E-state index in [-0.39, 0.29) is 5.91 Å². The summed E-state index contributed by atoms with van der Waals surface area (Å²) in [5, 5.41) is 3.98. The quantitative estimate of drug-likeness (QED) is 0.900. The normalized spacial score (nSPS) is 10.6. The van der Waals surface area contributed by atoms with Crippen LogP contribution in [0.15, 0.2) is 18.2 Å². The Kier molecular flexibility index (Phi) is 4.39. The lowest BCUT2D eigenvalue weighted by molar-refractivity contribution is -0.116. The molecule has 0 radical (unpaired) electrons. The monoisotopic (exact) mass is 289 g/mol. The predicted octanol–water partition coefficient (Wildman–Crippen LogP) is 3.75. The first-order valence-corrected chi connectivity index (χ1v) is 7.46. The van der Waals surface area contributed by atoms with Crippen molar-refractivity contribution in [3.8, 4) is 11.3 Å². The van der Waals surface area contributed by atoms with Gasteiger partial charge in [0.2, 0.25) is 5.91 Å². The first kappa shape index (κ1) is 14.5. The van der Waals surface area contributed by atoms with E-state index in [0.29, 0.717) is 16.6 Å². The van der Waals surface area contributed by atoms with E-state index in [0.717, 1.165) is 17.7 Å². The smallest absolute Gasteiger partial charge is 0.226 e. The van der Waals surface area contributed by atoms with Crippen molar-refractivity contribution in [2.45, 2.75) is 33.6 Å². The third-order valence-corrected chi connectivity index (χ3v) is 3.96. The first-order valence-electron chi connectivity index (χ1n) is 6.65. The van der Waals surface area contributed by atoms with Crippen molar-refractivity contribution < 1.29 is 4.79 Å². The van der Waals surface area contributed by atoms with Gasteiger partial charge in [0.1, 0.15) is 10.7 Å². The maximum atomic E-state index is 11.6. The van der Waals surface area contributed by atoms with Crippen molar-refractivity contribution in [2.75, 3.05) is 11.1 Å². The SMILES string of the molecule is CCCC(=O)Nc1nc(-c2ccc(C)c(C)c2)c(N)s1. The first-order chi connectivity index (χ1) is 9.51. The zero-order chi connectivity index (χ0) is 14.7. The van der Waals surface area contributed by atoms with Gasteiger partial charge in [-0.25, -0.2) is 4.98 Å². The molecule has 0 aliphatic carbocycles. The van der Waals surface area contributed by atoms with Crippen molar-refractivity contribution in [3.63, 3.8) is 0 Å². The number of carbonyl (C=O) groups excluding carboxylic acids is 1. The highest BCUT2D eigenvalue weighted by Crippen LogP contribution is 2.34. The number of thiazole rings is 1. The summed E-state index contributed by atoms with van der Waals surface area (Å²) in [6.07, 6.45) is 1.31. The van der Waals surface area contributed by atoms with E-state index in [1.807, 2.05) is 13.0 Å². The Labute approximate surface area is 123 Å². The van der Waals surface area contributed by atoms with Gasteiger partial charge in [-0.15, -0.1) is 0 Å². The average Bonchev–Trinajstić information content (AvgIpc) is 2.74. The van der Waals surface area contributed by atoms with Gasteiger partial charge in [0.05, 0.1) is 0 Å². The molecule has 1 aromatic heterocycles. The molecule has 1 aromatic carbocycles. The molecule has 1 amide bonds. The predicted molar refractivity (Wildman–Crippen MR) is 85.0 cm³/mol. The second-order valence-corrected chi connectivity index (χ2v) is 5.86. The summed E-state index contributed by atoms with van der Waals surface area (Å²) in [5.41, 5.74) is 10.2. The summed E-state index contributed by atoms with van der Waals surface area (Å²) in [6.45, 7) is 6.10. The topological polar surface area (TPSA) is 68.0 Å². The lowest BCUT2D eigenvalue weighted by atomic mass is 10.0. The molecule has 0 saturated carbocycles. The molecule has 0 spiro atoms. The standard InChI is InChI=1S/C15H19N3OS/c1-4-5-12(19)17-15-18-13(14(16)20-15)11-7-6-9(2)10(3)8-11/h6-8H,4-5,16H2,1-3H3,(H,17,18,19). The Bertz CT molecular complexity index is 634. The number of nitrogens with two attached hydrogens (primary N) is 1. The molecule has 20 heavy (non-hydrogen) atoms. The molecule has 2 aromatic rings. The third kappa shape index (κ3) is 3.17. The van der Waals surface area contributed by atoms with Crippen LogP contribution in [0.2, 0.25) is 0 Å². The average molecular weight is 289 g/mol. The van der Waals surface area contributed by atoms with Crippen LogP contribution in [0.4, 0.5) is 10.1 Å². The number of amides is 1. The van der Waals surface area contributed by atoms with Crippen LogP contribution in [0.25, 0.3) is 11.3 Å². The van der Waals surface area contributed by atoms with E-state index < -0.39 is 0 Å². The molecule has 0 fully saturated rings. The van der Waals surface area contributed by atoms with Gasteiger partial charge in [-0.2, -0.15) is 0 Å². The van der Waals surface area contributed by atoms with Gasteiger partial charge >= 0.3 is 0 Å². The number of aromatic nitrogens is 1. The van der Waals surface area contributed by atoms with E-state index in [1.165, 1.54) is 22.5 Å². The number of nitrogens with zero attached hydrogens (tertiary/aromatic N) is 1. The molecule has 0 atom stereocenters. The van der Waals surface area contributed by atoms with Gasteiger partial charge in [-0.1, -0.05) is 30.4 Å². The lowest BCUT2D eigenvalue weighted by Crippen LogP contribution is -2.10. The number of hydrogen-bond acceptors (Lipinski definition) is 4. The summed E-state index contributed by atoms with van der Waals surface area (Å²) in [6, 6.07) is 6.13. The van der Waals surface area contributed by atoms with Gasteiger partial charge in [0.25, 0.3) is 0 Å². The highest BCUT2D eigenvalue weighted by molar-refractivity contribution is 7.20. The zero-order valence-electron chi connectivity index (χ0n) is 12.0. The van der Waals surface area contributed by atoms with Gasteiger partial charge < -0.3 is 11.1 Å². The molecule has 0 unspecified atom stereocenters. The van der Waals surface area contributed by atoms with Gasteiger partial charge in [-0.3, -0.25) is 4.79 Å². The molecule has 0 bridgehead atoms. The van der Waals surface area contributed by atoms with Crippen LogP contribution >= 0.6 is 11.3 Å². The van der Waals surface area contributed by atoms with Crippen molar-refractivity contribution in [1.29, 1.82) is 0 Å². The Hall–Kier alpha value is -1.88. The van der Waals surface area contributed by atoms with Crippen molar-refractivity contribution >= 4 is 27.4 Å². The number of nitrogens with one attached hydrogen (secondary N) is 1. The molecule has 3 N–H and O–H groups in total. The summed E-state index contributed by atoms with van der Waals surface area (Å²) in [4.78, 5) is 16.0. The van der Waals surface area contributed by atoms with Gasteiger partial charge in [-0.05, 0) is 37.5 Å². The molecule has 0 aliphatic rings. The minimum Gasteiger partial charge on any atom is -0.389 e. The van der Waals surface area contributed by atoms with Crippen molar-refractivity contribution in [3.05, 3.63) is 29.3 Å². The van der Waals surface area contributed by atoms with Gasteiger partial charge in [0.15, 0.2) is 5.13 Å². The molecule has 106 valence electrons. The Morgan fingerprint density at radius 2 is 2.10 bits per heavy atom. The molecular formula is C15H19N3OS. The number of anilines is 2. The molecule has 4 nitrogen and oxygen atoms in total. The molecule has 0 saturated heterocycles. The van der Waals surface area contributed by atoms with Crippen molar-refractivity contribution in [1.82, 2.24) is 4.98 Å². The van der Waals surface area contributed by atoms with Crippen LogP contribution in [-0.2, 0) is 4.79 Å². The maximum Gasteiger partial charge on any atom is 0.226 e. The maximum absolute atomic E-state index is 11.6. The molecule has 1 heterocycles. The summed E-state index contributed by atoms with van der Waals surface area (Å²) < 4.78 is 0. The third-order valence-electron chi connectivity index (χ3n) is 3.16. The fourth-order valence-corrected chi connectivity index (χ4v) is 2.66. The fourth-order valence-electron chi connectivity index (χ4n) is 1.89. The molecule has 0 aliphatic heterocycles. The fraction of sp³-hybridized carbons (Fsp3) is 0.333. The van der Waals surface area contributed by atoms with E-state index in [4.69, 9.17) is 5.73 Å². The largest absolute Gasteiger partial charge is 0.389 e. The van der Waals surface area contributed by atoms with E-state index in [2.05, 4.69) is 36.3 Å². The summed E-state index contributed by atoms with van der Waals surface area (Å²) >= 11 is 1.31. The Morgan fingerprint density at radius 3 is 2.75 bits per heavy atom.